The number of nitrogens with zero attached hydrogens (tertiary/aromatic N) is 2. The van der Waals surface area contributed by atoms with E-state index in [9.17, 15) is 0 Å². The Kier molecular flexibility index (Phi) is 4.45. The van der Waals surface area contributed by atoms with Crippen molar-refractivity contribution < 1.29 is 0 Å². The third-order valence-electron chi connectivity index (χ3n) is 5.04. The van der Waals surface area contributed by atoms with Gasteiger partial charge in [-0.1, -0.05) is 13.8 Å². The predicted molar refractivity (Wildman–Crippen MR) is 80.4 cm³/mol. The van der Waals surface area contributed by atoms with E-state index in [0.717, 1.165) is 24.0 Å². The van der Waals surface area contributed by atoms with Crippen molar-refractivity contribution in [2.45, 2.75) is 64.1 Å². The molecule has 110 valence electrons. The highest BCUT2D eigenvalue weighted by atomic mass is 15.3. The minimum Gasteiger partial charge on any atom is -0.313 e. The van der Waals surface area contributed by atoms with E-state index in [-0.39, 0.29) is 0 Å². The average Bonchev–Trinajstić information content (AvgIpc) is 3.14. The number of rotatable bonds is 4. The molecule has 0 aromatic heterocycles. The second-order valence-electron chi connectivity index (χ2n) is 7.30. The van der Waals surface area contributed by atoms with E-state index in [0.29, 0.717) is 0 Å². The molecule has 3 heteroatoms. The van der Waals surface area contributed by atoms with Gasteiger partial charge in [0.05, 0.1) is 0 Å². The summed E-state index contributed by atoms with van der Waals surface area (Å²) in [5, 5.41) is 3.76. The molecule has 0 radical (unpaired) electrons. The topological polar surface area (TPSA) is 18.5 Å². The summed E-state index contributed by atoms with van der Waals surface area (Å²) in [5.41, 5.74) is 0. The van der Waals surface area contributed by atoms with Crippen molar-refractivity contribution >= 4 is 0 Å². The van der Waals surface area contributed by atoms with Crippen LogP contribution in [-0.4, -0.2) is 60.6 Å². The molecule has 2 unspecified atom stereocenters. The maximum Gasteiger partial charge on any atom is 0.0236 e. The van der Waals surface area contributed by atoms with E-state index in [1.54, 1.807) is 0 Å². The lowest BCUT2D eigenvalue weighted by Crippen LogP contribution is -2.44. The van der Waals surface area contributed by atoms with E-state index >= 15 is 0 Å². The van der Waals surface area contributed by atoms with E-state index in [1.165, 1.54) is 64.8 Å². The van der Waals surface area contributed by atoms with Crippen molar-refractivity contribution in [3.63, 3.8) is 0 Å². The van der Waals surface area contributed by atoms with Gasteiger partial charge in [-0.15, -0.1) is 0 Å². The van der Waals surface area contributed by atoms with Crippen LogP contribution in [0, 0.1) is 5.92 Å². The first kappa shape index (κ1) is 13.8. The van der Waals surface area contributed by atoms with E-state index in [1.807, 2.05) is 0 Å². The normalized spacial score (nSPS) is 34.9. The summed E-state index contributed by atoms with van der Waals surface area (Å²) in [4.78, 5) is 5.55. The third-order valence-corrected chi connectivity index (χ3v) is 5.04. The molecule has 2 atom stereocenters. The van der Waals surface area contributed by atoms with Gasteiger partial charge in [0.1, 0.15) is 0 Å². The van der Waals surface area contributed by atoms with Crippen LogP contribution in [0.2, 0.25) is 0 Å². The van der Waals surface area contributed by atoms with Crippen molar-refractivity contribution in [3.05, 3.63) is 0 Å². The first-order valence-corrected chi connectivity index (χ1v) is 8.44. The van der Waals surface area contributed by atoms with Crippen LogP contribution >= 0.6 is 0 Å². The molecular weight excluding hydrogens is 234 g/mol. The van der Waals surface area contributed by atoms with Crippen LogP contribution in [-0.2, 0) is 0 Å². The molecule has 3 aliphatic rings. The summed E-state index contributed by atoms with van der Waals surface area (Å²) in [6.45, 7) is 11.2. The molecule has 0 bridgehead atoms. The lowest BCUT2D eigenvalue weighted by Gasteiger charge is -2.30. The number of likely N-dealkylation sites (tertiary alicyclic amines) is 1. The maximum absolute atomic E-state index is 3.76. The quantitative estimate of drug-likeness (QED) is 0.838. The van der Waals surface area contributed by atoms with E-state index < -0.39 is 0 Å². The lowest BCUT2D eigenvalue weighted by atomic mass is 10.0. The Bertz CT molecular complexity index is 288. The molecule has 0 aromatic carbocycles. The molecule has 3 rings (SSSR count). The van der Waals surface area contributed by atoms with Gasteiger partial charge in [0.2, 0.25) is 0 Å². The average molecular weight is 265 g/mol. The largest absolute Gasteiger partial charge is 0.313 e. The van der Waals surface area contributed by atoms with E-state index in [4.69, 9.17) is 0 Å². The Morgan fingerprint density at radius 3 is 2.53 bits per heavy atom. The summed E-state index contributed by atoms with van der Waals surface area (Å²) < 4.78 is 0. The van der Waals surface area contributed by atoms with Gasteiger partial charge in [0.25, 0.3) is 0 Å². The van der Waals surface area contributed by atoms with Gasteiger partial charge in [0.15, 0.2) is 0 Å². The van der Waals surface area contributed by atoms with Crippen molar-refractivity contribution in [2.75, 3.05) is 32.7 Å². The zero-order chi connectivity index (χ0) is 13.2. The summed E-state index contributed by atoms with van der Waals surface area (Å²) >= 11 is 0. The molecule has 1 aliphatic carbocycles. The van der Waals surface area contributed by atoms with Crippen molar-refractivity contribution in [2.24, 2.45) is 5.92 Å². The zero-order valence-electron chi connectivity index (χ0n) is 12.8. The molecule has 2 saturated heterocycles. The monoisotopic (exact) mass is 265 g/mol. The molecule has 0 spiro atoms. The second-order valence-corrected chi connectivity index (χ2v) is 7.30. The van der Waals surface area contributed by atoms with Gasteiger partial charge in [-0.3, -0.25) is 9.80 Å². The Morgan fingerprint density at radius 2 is 1.79 bits per heavy atom. The third kappa shape index (κ3) is 3.71. The second kappa shape index (κ2) is 6.11. The van der Waals surface area contributed by atoms with Gasteiger partial charge in [0, 0.05) is 37.8 Å². The first-order valence-electron chi connectivity index (χ1n) is 8.44. The van der Waals surface area contributed by atoms with Gasteiger partial charge in [-0.25, -0.2) is 0 Å². The van der Waals surface area contributed by atoms with Crippen LogP contribution in [0.3, 0.4) is 0 Å². The first-order chi connectivity index (χ1) is 9.22. The molecule has 1 saturated carbocycles. The van der Waals surface area contributed by atoms with Gasteiger partial charge >= 0.3 is 0 Å². The SMILES string of the molecule is CC(C)CC1CN(C2CCN(C3CC3)C2)CCCN1. The predicted octanol–water partition coefficient (Wildman–Crippen LogP) is 1.93. The molecule has 0 amide bonds. The summed E-state index contributed by atoms with van der Waals surface area (Å²) in [6, 6.07) is 2.52. The Hall–Kier alpha value is -0.120. The van der Waals surface area contributed by atoms with Gasteiger partial charge in [-0.05, 0) is 51.1 Å². The zero-order valence-corrected chi connectivity index (χ0v) is 12.8. The summed E-state index contributed by atoms with van der Waals surface area (Å²) in [7, 11) is 0. The molecule has 19 heavy (non-hydrogen) atoms. The highest BCUT2D eigenvalue weighted by molar-refractivity contribution is 4.94. The van der Waals surface area contributed by atoms with Crippen LogP contribution < -0.4 is 5.32 Å². The highest BCUT2D eigenvalue weighted by Gasteiger charge is 2.37. The van der Waals surface area contributed by atoms with Gasteiger partial charge in [-0.2, -0.15) is 0 Å². The number of hydrogen-bond acceptors (Lipinski definition) is 3. The number of nitrogens with one attached hydrogen (secondary N) is 1. The van der Waals surface area contributed by atoms with Crippen LogP contribution in [0.5, 0.6) is 0 Å². The van der Waals surface area contributed by atoms with Crippen LogP contribution in [0.15, 0.2) is 0 Å². The molecule has 0 aromatic rings. The lowest BCUT2D eigenvalue weighted by molar-refractivity contribution is 0.182. The smallest absolute Gasteiger partial charge is 0.0236 e. The Morgan fingerprint density at radius 1 is 1.00 bits per heavy atom. The van der Waals surface area contributed by atoms with Crippen molar-refractivity contribution in [1.29, 1.82) is 0 Å². The van der Waals surface area contributed by atoms with Gasteiger partial charge < -0.3 is 5.32 Å². The molecule has 2 heterocycles. The fourth-order valence-electron chi connectivity index (χ4n) is 3.92. The molecular formula is C16H31N3. The standard InChI is InChI=1S/C16H31N3/c1-13(2)10-14-11-18(8-3-7-17-14)16-6-9-19(12-16)15-4-5-15/h13-17H,3-12H2,1-2H3. The molecule has 3 nitrogen and oxygen atoms in total. The highest BCUT2D eigenvalue weighted by Crippen LogP contribution is 2.31. The maximum atomic E-state index is 3.76. The van der Waals surface area contributed by atoms with Crippen LogP contribution in [0.1, 0.15) is 46.0 Å². The van der Waals surface area contributed by atoms with Crippen molar-refractivity contribution in [3.8, 4) is 0 Å². The fraction of sp³-hybridized carbons (Fsp3) is 1.00. The van der Waals surface area contributed by atoms with Crippen LogP contribution in [0.4, 0.5) is 0 Å². The fourth-order valence-corrected chi connectivity index (χ4v) is 3.92. The molecule has 2 aliphatic heterocycles. The Labute approximate surface area is 118 Å². The number of hydrogen-bond donors (Lipinski definition) is 1. The van der Waals surface area contributed by atoms with Crippen LogP contribution in [0.25, 0.3) is 0 Å². The minimum atomic E-state index is 0.720. The molecule has 3 fully saturated rings. The molecule has 1 N–H and O–H groups in total. The van der Waals surface area contributed by atoms with Crippen molar-refractivity contribution in [1.82, 2.24) is 15.1 Å². The minimum absolute atomic E-state index is 0.720. The Balaban J connectivity index is 1.53. The summed E-state index contributed by atoms with van der Waals surface area (Å²) in [5.74, 6) is 0.809. The summed E-state index contributed by atoms with van der Waals surface area (Å²) in [6.07, 6.45) is 6.99. The van der Waals surface area contributed by atoms with E-state index in [2.05, 4.69) is 29.0 Å².